The first kappa shape index (κ1) is 21.2. The standard InChI is InChI=1S/C2H5O4S4.2K/c3-9(7)6-1-2-10(4,5)8;;/h1-2H2,(H,4,5,8);;/q-1;2*+1/p-1. The van der Waals surface area contributed by atoms with E-state index < -0.39 is 18.5 Å². The molecule has 0 saturated heterocycles. The van der Waals surface area contributed by atoms with Gasteiger partial charge in [0.15, 0.2) is 0 Å². The predicted molar refractivity (Wildman–Crippen MR) is 42.5 cm³/mol. The van der Waals surface area contributed by atoms with Crippen molar-refractivity contribution >= 4 is 41.4 Å². The Morgan fingerprint density at radius 3 is 2.08 bits per heavy atom. The molecule has 10 heteroatoms. The summed E-state index contributed by atoms with van der Waals surface area (Å²) < 4.78 is 34.7. The van der Waals surface area contributed by atoms with Crippen molar-refractivity contribution in [3.05, 3.63) is 0 Å². The summed E-state index contributed by atoms with van der Waals surface area (Å²) >= 11 is 8.08. The van der Waals surface area contributed by atoms with Gasteiger partial charge in [-0.15, -0.1) is 0 Å². The van der Waals surface area contributed by atoms with E-state index in [1.165, 1.54) is 0 Å². The molecule has 0 unspecified atom stereocenters. The molecule has 12 heavy (non-hydrogen) atoms. The van der Waals surface area contributed by atoms with E-state index in [0.717, 1.165) is 0 Å². The van der Waals surface area contributed by atoms with Crippen LogP contribution in [0.2, 0.25) is 0 Å². The third-order valence-corrected chi connectivity index (χ3v) is 2.33. The van der Waals surface area contributed by atoms with Crippen LogP contribution in [0, 0.1) is 0 Å². The van der Waals surface area contributed by atoms with E-state index in [-0.39, 0.29) is 115 Å². The van der Waals surface area contributed by atoms with Gasteiger partial charge in [-0.2, -0.15) is 0 Å². The van der Waals surface area contributed by atoms with Crippen molar-refractivity contribution in [2.45, 2.75) is 0 Å². The molecule has 0 aromatic rings. The topological polar surface area (TPSA) is 60.4 Å². The van der Waals surface area contributed by atoms with Crippen LogP contribution in [-0.2, 0) is 49.7 Å². The maximum absolute atomic E-state index is 10.2. The monoisotopic (exact) mass is 298 g/mol. The second kappa shape index (κ2) is 11.4. The van der Waals surface area contributed by atoms with E-state index >= 15 is 0 Å². The fourth-order valence-electron chi connectivity index (χ4n) is 0.204. The molecule has 0 aliphatic rings. The first-order valence-electron chi connectivity index (χ1n) is 2.08. The molecule has 0 aromatic heterocycles. The SMILES string of the molecule is O=[S-](=S)OCCS(=O)(=O)[S-].[K+].[K+]. The molecule has 0 amide bonds. The zero-order valence-electron chi connectivity index (χ0n) is 6.68. The molecule has 0 fully saturated rings. The average molecular weight is 299 g/mol. The Bertz CT molecular complexity index is 248. The summed E-state index contributed by atoms with van der Waals surface area (Å²) in [6.45, 7) is -0.206. The van der Waals surface area contributed by atoms with Gasteiger partial charge in [-0.05, 0) is 0 Å². The molecule has 0 aliphatic carbocycles. The van der Waals surface area contributed by atoms with Gasteiger partial charge in [-0.1, -0.05) is 9.64 Å². The molecule has 0 heterocycles. The summed E-state index contributed by atoms with van der Waals surface area (Å²) in [6, 6.07) is 0. The molecule has 0 bridgehead atoms. The quantitative estimate of drug-likeness (QED) is 0.292. The van der Waals surface area contributed by atoms with Gasteiger partial charge in [0.1, 0.15) is 0 Å². The van der Waals surface area contributed by atoms with Gasteiger partial charge in [0.05, 0.1) is 0 Å². The van der Waals surface area contributed by atoms with Gasteiger partial charge in [-0.25, -0.2) is 11.2 Å². The minimum atomic E-state index is -3.44. The molecule has 0 rings (SSSR count). The average Bonchev–Trinajstić information content (AvgIpc) is 1.59. The van der Waals surface area contributed by atoms with Gasteiger partial charge < -0.3 is 20.1 Å². The second-order valence-corrected chi connectivity index (χ2v) is 5.80. The van der Waals surface area contributed by atoms with Crippen LogP contribution in [-0.4, -0.2) is 20.8 Å². The molecule has 4 nitrogen and oxygen atoms in total. The second-order valence-electron chi connectivity index (χ2n) is 1.29. The molecule has 0 atom stereocenters. The van der Waals surface area contributed by atoms with Crippen molar-refractivity contribution in [2.24, 2.45) is 0 Å². The van der Waals surface area contributed by atoms with Gasteiger partial charge >= 0.3 is 103 Å². The van der Waals surface area contributed by atoms with Crippen LogP contribution in [0.4, 0.5) is 0 Å². The van der Waals surface area contributed by atoms with Crippen molar-refractivity contribution in [2.75, 3.05) is 12.4 Å². The van der Waals surface area contributed by atoms with E-state index in [1.54, 1.807) is 0 Å². The van der Waals surface area contributed by atoms with Crippen LogP contribution in [0.3, 0.4) is 0 Å². The first-order valence-corrected chi connectivity index (χ1v) is 6.65. The smallest absolute Gasteiger partial charge is 0.649 e. The minimum absolute atomic E-state index is 0. The summed E-state index contributed by atoms with van der Waals surface area (Å²) in [5.41, 5.74) is 0. The molecule has 0 spiro atoms. The summed E-state index contributed by atoms with van der Waals surface area (Å²) in [7, 11) is -5.27. The zero-order chi connectivity index (χ0) is 8.20. The van der Waals surface area contributed by atoms with Gasteiger partial charge in [0.2, 0.25) is 0 Å². The van der Waals surface area contributed by atoms with Crippen molar-refractivity contribution in [3.63, 3.8) is 0 Å². The molecule has 0 aromatic carbocycles. The third-order valence-electron chi connectivity index (χ3n) is 0.513. The maximum Gasteiger partial charge on any atom is 1.00 e. The van der Waals surface area contributed by atoms with Gasteiger partial charge in [0, 0.05) is 21.2 Å². The Morgan fingerprint density at radius 2 is 1.83 bits per heavy atom. The Balaban J connectivity index is -0.000000405. The predicted octanol–water partition coefficient (Wildman–Crippen LogP) is -6.77. The van der Waals surface area contributed by atoms with Crippen molar-refractivity contribution < 1.29 is 120 Å². The summed E-state index contributed by atoms with van der Waals surface area (Å²) in [5, 5.41) is 0. The van der Waals surface area contributed by atoms with E-state index in [0.29, 0.717) is 0 Å². The van der Waals surface area contributed by atoms with E-state index in [9.17, 15) is 12.6 Å². The fourth-order valence-corrected chi connectivity index (χ4v) is 1.22. The molecule has 0 radical (unpaired) electrons. The van der Waals surface area contributed by atoms with E-state index in [1.807, 2.05) is 0 Å². The molecule has 0 aliphatic heterocycles. The molecule has 0 N–H and O–H groups in total. The number of rotatable bonds is 4. The molecule has 0 saturated carbocycles. The first-order chi connectivity index (χ1) is 4.42. The largest absolute Gasteiger partial charge is 1.00 e. The van der Waals surface area contributed by atoms with Crippen LogP contribution < -0.4 is 103 Å². The van der Waals surface area contributed by atoms with E-state index in [2.05, 4.69) is 27.0 Å². The van der Waals surface area contributed by atoms with E-state index in [4.69, 9.17) is 0 Å². The van der Waals surface area contributed by atoms with Crippen LogP contribution in [0.1, 0.15) is 0 Å². The Morgan fingerprint density at radius 1 is 1.42 bits per heavy atom. The van der Waals surface area contributed by atoms with Crippen LogP contribution in [0.25, 0.3) is 0 Å². The molecular formula is C2H4K2O4S4. The molecular weight excluding hydrogens is 294 g/mol. The van der Waals surface area contributed by atoms with Gasteiger partial charge in [0.25, 0.3) is 0 Å². The number of hydrogen-bond donors (Lipinski definition) is 0. The summed E-state index contributed by atoms with van der Waals surface area (Å²) in [4.78, 5) is 0. The Hall–Kier alpha value is 3.90. The van der Waals surface area contributed by atoms with Crippen molar-refractivity contribution in [1.82, 2.24) is 0 Å². The normalized spacial score (nSPS) is 10.2. The van der Waals surface area contributed by atoms with Crippen molar-refractivity contribution in [3.8, 4) is 0 Å². The summed E-state index contributed by atoms with van der Waals surface area (Å²) in [5.74, 6) is -0.329. The number of hydrogen-bond acceptors (Lipinski definition) is 7. The van der Waals surface area contributed by atoms with Gasteiger partial charge in [-0.3, -0.25) is 8.42 Å². The Kier molecular flexibility index (Phi) is 20.1. The molecule has 62 valence electrons. The maximum atomic E-state index is 10.2. The third kappa shape index (κ3) is 19.5. The zero-order valence-corrected chi connectivity index (χ0v) is 16.2. The van der Waals surface area contributed by atoms with Crippen LogP contribution in [0.5, 0.6) is 0 Å². The minimum Gasteiger partial charge on any atom is -0.649 e. The fraction of sp³-hybridized carbons (Fsp3) is 1.00. The summed E-state index contributed by atoms with van der Waals surface area (Å²) in [6.07, 6.45) is 0. The Labute approximate surface area is 168 Å². The van der Waals surface area contributed by atoms with Crippen molar-refractivity contribution in [1.29, 1.82) is 0 Å². The van der Waals surface area contributed by atoms with Crippen LogP contribution in [0.15, 0.2) is 0 Å². The van der Waals surface area contributed by atoms with Crippen LogP contribution >= 0.6 is 0 Å².